The highest BCUT2D eigenvalue weighted by atomic mass is 16.2. The molecule has 0 bridgehead atoms. The van der Waals surface area contributed by atoms with E-state index in [2.05, 4.69) is 15.4 Å². The largest absolute Gasteiger partial charge is 0.319 e. The fourth-order valence-electron chi connectivity index (χ4n) is 1.78. The molecule has 3 aromatic rings. The molecule has 1 heterocycles. The van der Waals surface area contributed by atoms with Crippen molar-refractivity contribution >= 4 is 11.6 Å². The molecule has 0 fully saturated rings. The standard InChI is InChI=1S/C15H12N4O/c20-15(17-12-7-3-1-4-8-12)14-16-11-19(18-14)13-9-5-2-6-10-13/h1-11H,(H,17,20). The first-order chi connectivity index (χ1) is 9.83. The predicted octanol–water partition coefficient (Wildman–Crippen LogP) is 2.52. The summed E-state index contributed by atoms with van der Waals surface area (Å²) in [6.07, 6.45) is 1.52. The zero-order valence-corrected chi connectivity index (χ0v) is 10.6. The zero-order valence-electron chi connectivity index (χ0n) is 10.6. The molecule has 98 valence electrons. The molecule has 20 heavy (non-hydrogen) atoms. The lowest BCUT2D eigenvalue weighted by atomic mass is 10.3. The maximum absolute atomic E-state index is 12.0. The number of aromatic nitrogens is 3. The third-order valence-electron chi connectivity index (χ3n) is 2.75. The first-order valence-corrected chi connectivity index (χ1v) is 6.16. The second-order valence-electron chi connectivity index (χ2n) is 4.17. The lowest BCUT2D eigenvalue weighted by Crippen LogP contribution is -2.14. The van der Waals surface area contributed by atoms with E-state index in [9.17, 15) is 4.79 Å². The van der Waals surface area contributed by atoms with Crippen LogP contribution in [0, 0.1) is 0 Å². The monoisotopic (exact) mass is 264 g/mol. The van der Waals surface area contributed by atoms with Crippen molar-refractivity contribution in [3.8, 4) is 5.69 Å². The Balaban J connectivity index is 1.79. The van der Waals surface area contributed by atoms with Crippen LogP contribution >= 0.6 is 0 Å². The van der Waals surface area contributed by atoms with Crippen LogP contribution in [0.3, 0.4) is 0 Å². The van der Waals surface area contributed by atoms with Gasteiger partial charge in [0.25, 0.3) is 5.91 Å². The molecule has 0 saturated carbocycles. The van der Waals surface area contributed by atoms with Gasteiger partial charge in [-0.2, -0.15) is 0 Å². The van der Waals surface area contributed by atoms with Gasteiger partial charge in [-0.05, 0) is 24.3 Å². The van der Waals surface area contributed by atoms with Gasteiger partial charge in [0.1, 0.15) is 6.33 Å². The van der Waals surface area contributed by atoms with Crippen LogP contribution < -0.4 is 5.32 Å². The summed E-state index contributed by atoms with van der Waals surface area (Å²) in [4.78, 5) is 16.0. The van der Waals surface area contributed by atoms with E-state index in [1.165, 1.54) is 6.33 Å². The van der Waals surface area contributed by atoms with Gasteiger partial charge < -0.3 is 5.32 Å². The molecule has 0 atom stereocenters. The topological polar surface area (TPSA) is 59.8 Å². The number of nitrogens with zero attached hydrogens (tertiary/aromatic N) is 3. The van der Waals surface area contributed by atoms with Crippen LogP contribution in [0.5, 0.6) is 0 Å². The molecular weight excluding hydrogens is 252 g/mol. The number of rotatable bonds is 3. The molecule has 0 aliphatic carbocycles. The molecule has 5 heteroatoms. The number of carbonyl (C=O) groups excluding carboxylic acids is 1. The van der Waals surface area contributed by atoms with E-state index in [0.717, 1.165) is 5.69 Å². The molecule has 0 aliphatic heterocycles. The summed E-state index contributed by atoms with van der Waals surface area (Å²) in [7, 11) is 0. The van der Waals surface area contributed by atoms with E-state index < -0.39 is 0 Å². The molecule has 1 N–H and O–H groups in total. The van der Waals surface area contributed by atoms with Crippen molar-refractivity contribution in [2.24, 2.45) is 0 Å². The molecule has 3 rings (SSSR count). The Kier molecular flexibility index (Phi) is 3.24. The number of benzene rings is 2. The smallest absolute Gasteiger partial charge is 0.295 e. The van der Waals surface area contributed by atoms with Crippen LogP contribution in [0.4, 0.5) is 5.69 Å². The quantitative estimate of drug-likeness (QED) is 0.790. The fraction of sp³-hybridized carbons (Fsp3) is 0. The number of anilines is 1. The maximum Gasteiger partial charge on any atom is 0.295 e. The second-order valence-corrected chi connectivity index (χ2v) is 4.17. The van der Waals surface area contributed by atoms with Crippen LogP contribution in [-0.2, 0) is 0 Å². The Morgan fingerprint density at radius 1 is 0.950 bits per heavy atom. The molecular formula is C15H12N4O. The number of amides is 1. The van der Waals surface area contributed by atoms with Gasteiger partial charge in [0.05, 0.1) is 5.69 Å². The van der Waals surface area contributed by atoms with Gasteiger partial charge >= 0.3 is 0 Å². The third kappa shape index (κ3) is 2.56. The van der Waals surface area contributed by atoms with Crippen LogP contribution in [0.25, 0.3) is 5.69 Å². The minimum absolute atomic E-state index is 0.137. The highest BCUT2D eigenvalue weighted by molar-refractivity contribution is 6.01. The Morgan fingerprint density at radius 3 is 2.30 bits per heavy atom. The molecule has 0 aliphatic rings. The lowest BCUT2D eigenvalue weighted by molar-refractivity contribution is 0.101. The van der Waals surface area contributed by atoms with Gasteiger partial charge in [0.2, 0.25) is 5.82 Å². The lowest BCUT2D eigenvalue weighted by Gasteiger charge is -2.01. The second kappa shape index (κ2) is 5.36. The predicted molar refractivity (Wildman–Crippen MR) is 75.8 cm³/mol. The van der Waals surface area contributed by atoms with E-state index in [-0.39, 0.29) is 11.7 Å². The van der Waals surface area contributed by atoms with Crippen molar-refractivity contribution in [3.05, 3.63) is 72.8 Å². The Bertz CT molecular complexity index is 707. The summed E-state index contributed by atoms with van der Waals surface area (Å²) in [5, 5.41) is 6.92. The van der Waals surface area contributed by atoms with Gasteiger partial charge in [-0.1, -0.05) is 36.4 Å². The normalized spacial score (nSPS) is 10.2. The average molecular weight is 264 g/mol. The summed E-state index contributed by atoms with van der Waals surface area (Å²) in [5.74, 6) is -0.191. The van der Waals surface area contributed by atoms with Gasteiger partial charge in [-0.15, -0.1) is 5.10 Å². The fourth-order valence-corrected chi connectivity index (χ4v) is 1.78. The first kappa shape index (κ1) is 12.1. The number of carbonyl (C=O) groups is 1. The Morgan fingerprint density at radius 2 is 1.60 bits per heavy atom. The third-order valence-corrected chi connectivity index (χ3v) is 2.75. The van der Waals surface area contributed by atoms with Crippen molar-refractivity contribution in [2.45, 2.75) is 0 Å². The average Bonchev–Trinajstić information content (AvgIpc) is 2.99. The van der Waals surface area contributed by atoms with Gasteiger partial charge in [0, 0.05) is 5.69 Å². The van der Waals surface area contributed by atoms with E-state index in [0.29, 0.717) is 5.69 Å². The number of para-hydroxylation sites is 2. The molecule has 0 unspecified atom stereocenters. The molecule has 0 saturated heterocycles. The molecule has 1 aromatic heterocycles. The number of nitrogens with one attached hydrogen (secondary N) is 1. The summed E-state index contributed by atoms with van der Waals surface area (Å²) < 4.78 is 1.57. The van der Waals surface area contributed by atoms with Crippen molar-refractivity contribution in [1.29, 1.82) is 0 Å². The van der Waals surface area contributed by atoms with Crippen molar-refractivity contribution in [3.63, 3.8) is 0 Å². The SMILES string of the molecule is O=C(Nc1ccccc1)c1ncn(-c2ccccc2)n1. The molecule has 1 amide bonds. The molecule has 0 radical (unpaired) electrons. The minimum Gasteiger partial charge on any atom is -0.319 e. The van der Waals surface area contributed by atoms with Gasteiger partial charge in [-0.3, -0.25) is 4.79 Å². The van der Waals surface area contributed by atoms with Crippen molar-refractivity contribution in [1.82, 2.24) is 14.8 Å². The molecule has 0 spiro atoms. The summed E-state index contributed by atoms with van der Waals surface area (Å²) in [6, 6.07) is 18.7. The van der Waals surface area contributed by atoms with Crippen molar-refractivity contribution < 1.29 is 4.79 Å². The van der Waals surface area contributed by atoms with Crippen LogP contribution in [0.15, 0.2) is 67.0 Å². The maximum atomic E-state index is 12.0. The number of hydrogen-bond acceptors (Lipinski definition) is 3. The minimum atomic E-state index is -0.328. The molecule has 2 aromatic carbocycles. The van der Waals surface area contributed by atoms with E-state index >= 15 is 0 Å². The van der Waals surface area contributed by atoms with Crippen molar-refractivity contribution in [2.75, 3.05) is 5.32 Å². The summed E-state index contributed by atoms with van der Waals surface area (Å²) in [5.41, 5.74) is 1.58. The van der Waals surface area contributed by atoms with E-state index in [1.807, 2.05) is 60.7 Å². The summed E-state index contributed by atoms with van der Waals surface area (Å²) >= 11 is 0. The Labute approximate surface area is 115 Å². The zero-order chi connectivity index (χ0) is 13.8. The van der Waals surface area contributed by atoms with E-state index in [4.69, 9.17) is 0 Å². The van der Waals surface area contributed by atoms with Gasteiger partial charge in [0.15, 0.2) is 0 Å². The van der Waals surface area contributed by atoms with E-state index in [1.54, 1.807) is 4.68 Å². The van der Waals surface area contributed by atoms with Crippen LogP contribution in [0.2, 0.25) is 0 Å². The van der Waals surface area contributed by atoms with Crippen LogP contribution in [0.1, 0.15) is 10.6 Å². The highest BCUT2D eigenvalue weighted by Gasteiger charge is 2.12. The Hall–Kier alpha value is -2.95. The number of hydrogen-bond donors (Lipinski definition) is 1. The first-order valence-electron chi connectivity index (χ1n) is 6.16. The molecule has 5 nitrogen and oxygen atoms in total. The van der Waals surface area contributed by atoms with Gasteiger partial charge in [-0.25, -0.2) is 9.67 Å². The summed E-state index contributed by atoms with van der Waals surface area (Å²) in [6.45, 7) is 0. The highest BCUT2D eigenvalue weighted by Crippen LogP contribution is 2.08. The van der Waals surface area contributed by atoms with Crippen LogP contribution in [-0.4, -0.2) is 20.7 Å².